The highest BCUT2D eigenvalue weighted by molar-refractivity contribution is 6.31. The Morgan fingerprint density at radius 3 is 2.88 bits per heavy atom. The Morgan fingerprint density at radius 2 is 2.12 bits per heavy atom. The standard InChI is InChI=1S/C13H15ClN2/c14-10-2-1-9-7-11(16-12(9)8-10)3-4-13(15)5-6-13/h1-2,7-8,16H,3-6,15H2. The summed E-state index contributed by atoms with van der Waals surface area (Å²) in [5.74, 6) is 0. The second-order valence-corrected chi connectivity index (χ2v) is 5.32. The van der Waals surface area contributed by atoms with Gasteiger partial charge < -0.3 is 10.7 Å². The van der Waals surface area contributed by atoms with Gasteiger partial charge in [-0.15, -0.1) is 0 Å². The van der Waals surface area contributed by atoms with Crippen LogP contribution in [0.5, 0.6) is 0 Å². The average Bonchev–Trinajstić information content (AvgIpc) is 2.85. The molecule has 2 aromatic rings. The lowest BCUT2D eigenvalue weighted by molar-refractivity contribution is 0.605. The number of hydrogen-bond donors (Lipinski definition) is 2. The molecule has 3 N–H and O–H groups in total. The SMILES string of the molecule is NC1(CCc2cc3ccc(Cl)cc3[nH]2)CC1. The van der Waals surface area contributed by atoms with E-state index in [1.165, 1.54) is 23.9 Å². The Labute approximate surface area is 99.8 Å². The molecule has 3 rings (SSSR count). The van der Waals surface area contributed by atoms with Gasteiger partial charge >= 0.3 is 0 Å². The predicted octanol–water partition coefficient (Wildman–Crippen LogP) is 3.25. The molecule has 84 valence electrons. The molecule has 1 fully saturated rings. The largest absolute Gasteiger partial charge is 0.358 e. The molecule has 2 nitrogen and oxygen atoms in total. The summed E-state index contributed by atoms with van der Waals surface area (Å²) in [6.07, 6.45) is 4.47. The highest BCUT2D eigenvalue weighted by Gasteiger charge is 2.37. The van der Waals surface area contributed by atoms with Crippen molar-refractivity contribution in [3.63, 3.8) is 0 Å². The topological polar surface area (TPSA) is 41.8 Å². The zero-order valence-electron chi connectivity index (χ0n) is 9.09. The summed E-state index contributed by atoms with van der Waals surface area (Å²) >= 11 is 5.95. The maximum Gasteiger partial charge on any atom is 0.0471 e. The highest BCUT2D eigenvalue weighted by Crippen LogP contribution is 2.36. The van der Waals surface area contributed by atoms with E-state index in [0.717, 1.165) is 23.4 Å². The first-order valence-corrected chi connectivity index (χ1v) is 6.09. The molecule has 0 aliphatic heterocycles. The number of halogens is 1. The van der Waals surface area contributed by atoms with Gasteiger partial charge in [0.2, 0.25) is 0 Å². The van der Waals surface area contributed by atoms with Crippen LogP contribution < -0.4 is 5.73 Å². The fourth-order valence-corrected chi connectivity index (χ4v) is 2.26. The fourth-order valence-electron chi connectivity index (χ4n) is 2.09. The summed E-state index contributed by atoms with van der Waals surface area (Å²) in [5.41, 5.74) is 8.59. The molecule has 1 heterocycles. The Hall–Kier alpha value is -0.990. The van der Waals surface area contributed by atoms with Gasteiger partial charge in [0.15, 0.2) is 0 Å². The van der Waals surface area contributed by atoms with Crippen molar-refractivity contribution < 1.29 is 0 Å². The first-order valence-electron chi connectivity index (χ1n) is 5.71. The van der Waals surface area contributed by atoms with E-state index in [0.29, 0.717) is 0 Å². The predicted molar refractivity (Wildman–Crippen MR) is 67.8 cm³/mol. The van der Waals surface area contributed by atoms with E-state index in [-0.39, 0.29) is 5.54 Å². The van der Waals surface area contributed by atoms with Gasteiger partial charge in [0.1, 0.15) is 0 Å². The third kappa shape index (κ3) is 1.95. The van der Waals surface area contributed by atoms with Gasteiger partial charge in [-0.3, -0.25) is 0 Å². The molecule has 0 bridgehead atoms. The molecule has 1 aromatic heterocycles. The third-order valence-corrected chi connectivity index (χ3v) is 3.66. The van der Waals surface area contributed by atoms with E-state index in [9.17, 15) is 0 Å². The molecule has 0 amide bonds. The highest BCUT2D eigenvalue weighted by atomic mass is 35.5. The number of aromatic amines is 1. The maximum absolute atomic E-state index is 6.08. The average molecular weight is 235 g/mol. The molecule has 1 aliphatic carbocycles. The second kappa shape index (κ2) is 3.51. The molecular formula is C13H15ClN2. The molecule has 1 aromatic carbocycles. The summed E-state index contributed by atoms with van der Waals surface area (Å²) in [5, 5.41) is 2.00. The van der Waals surface area contributed by atoms with Crippen molar-refractivity contribution in [3.8, 4) is 0 Å². The third-order valence-electron chi connectivity index (χ3n) is 3.42. The first kappa shape index (κ1) is 10.2. The van der Waals surface area contributed by atoms with Gasteiger partial charge in [0, 0.05) is 21.8 Å². The molecule has 0 atom stereocenters. The summed E-state index contributed by atoms with van der Waals surface area (Å²) in [4.78, 5) is 3.40. The Bertz CT molecular complexity index is 526. The second-order valence-electron chi connectivity index (χ2n) is 4.89. The van der Waals surface area contributed by atoms with Crippen molar-refractivity contribution in [2.75, 3.05) is 0 Å². The number of nitrogens with two attached hydrogens (primary N) is 1. The number of H-pyrrole nitrogens is 1. The lowest BCUT2D eigenvalue weighted by atomic mass is 10.1. The monoisotopic (exact) mass is 234 g/mol. The summed E-state index contributed by atoms with van der Waals surface area (Å²) in [6, 6.07) is 8.13. The fraction of sp³-hybridized carbons (Fsp3) is 0.385. The van der Waals surface area contributed by atoms with Crippen LogP contribution >= 0.6 is 11.6 Å². The van der Waals surface area contributed by atoms with E-state index in [2.05, 4.69) is 11.1 Å². The number of benzene rings is 1. The van der Waals surface area contributed by atoms with Crippen LogP contribution in [0.2, 0.25) is 5.02 Å². The van der Waals surface area contributed by atoms with Crippen LogP contribution in [-0.4, -0.2) is 10.5 Å². The Balaban J connectivity index is 1.82. The van der Waals surface area contributed by atoms with E-state index >= 15 is 0 Å². The molecule has 16 heavy (non-hydrogen) atoms. The first-order chi connectivity index (χ1) is 7.65. The number of hydrogen-bond acceptors (Lipinski definition) is 1. The molecule has 0 unspecified atom stereocenters. The number of rotatable bonds is 3. The van der Waals surface area contributed by atoms with Gasteiger partial charge in [0.25, 0.3) is 0 Å². The van der Waals surface area contributed by atoms with Gasteiger partial charge in [-0.25, -0.2) is 0 Å². The van der Waals surface area contributed by atoms with Gasteiger partial charge in [-0.1, -0.05) is 17.7 Å². The van der Waals surface area contributed by atoms with Crippen LogP contribution in [0.4, 0.5) is 0 Å². The van der Waals surface area contributed by atoms with Crippen molar-refractivity contribution >= 4 is 22.5 Å². The van der Waals surface area contributed by atoms with Crippen molar-refractivity contribution in [2.45, 2.75) is 31.2 Å². The van der Waals surface area contributed by atoms with Crippen LogP contribution in [0.25, 0.3) is 10.9 Å². The molecule has 1 aliphatic rings. The summed E-state index contributed by atoms with van der Waals surface area (Å²) < 4.78 is 0. The lowest BCUT2D eigenvalue weighted by Gasteiger charge is -2.05. The lowest BCUT2D eigenvalue weighted by Crippen LogP contribution is -2.22. The number of aromatic nitrogens is 1. The van der Waals surface area contributed by atoms with Crippen LogP contribution in [0.1, 0.15) is 25.0 Å². The van der Waals surface area contributed by atoms with Crippen LogP contribution in [-0.2, 0) is 6.42 Å². The van der Waals surface area contributed by atoms with Crippen molar-refractivity contribution in [3.05, 3.63) is 35.0 Å². The molecule has 0 spiro atoms. The van der Waals surface area contributed by atoms with Crippen molar-refractivity contribution in [2.24, 2.45) is 5.73 Å². The van der Waals surface area contributed by atoms with Gasteiger partial charge in [0.05, 0.1) is 0 Å². The van der Waals surface area contributed by atoms with Gasteiger partial charge in [-0.05, 0) is 49.3 Å². The Morgan fingerprint density at radius 1 is 1.31 bits per heavy atom. The van der Waals surface area contributed by atoms with E-state index in [1.54, 1.807) is 0 Å². The van der Waals surface area contributed by atoms with Crippen LogP contribution in [0.3, 0.4) is 0 Å². The maximum atomic E-state index is 6.08. The summed E-state index contributed by atoms with van der Waals surface area (Å²) in [7, 11) is 0. The van der Waals surface area contributed by atoms with Crippen molar-refractivity contribution in [1.82, 2.24) is 4.98 Å². The smallest absolute Gasteiger partial charge is 0.0471 e. The van der Waals surface area contributed by atoms with Crippen LogP contribution in [0, 0.1) is 0 Å². The quantitative estimate of drug-likeness (QED) is 0.841. The summed E-state index contributed by atoms with van der Waals surface area (Å²) in [6.45, 7) is 0. The minimum atomic E-state index is 0.134. The number of aryl methyl sites for hydroxylation is 1. The number of nitrogens with one attached hydrogen (secondary N) is 1. The van der Waals surface area contributed by atoms with Crippen molar-refractivity contribution in [1.29, 1.82) is 0 Å². The zero-order valence-corrected chi connectivity index (χ0v) is 9.85. The minimum Gasteiger partial charge on any atom is -0.358 e. The van der Waals surface area contributed by atoms with E-state index < -0.39 is 0 Å². The van der Waals surface area contributed by atoms with Gasteiger partial charge in [-0.2, -0.15) is 0 Å². The van der Waals surface area contributed by atoms with Crippen LogP contribution in [0.15, 0.2) is 24.3 Å². The Kier molecular flexibility index (Phi) is 2.23. The number of fused-ring (bicyclic) bond motifs is 1. The zero-order chi connectivity index (χ0) is 11.2. The molecule has 0 radical (unpaired) electrons. The molecule has 1 saturated carbocycles. The molecule has 0 saturated heterocycles. The minimum absolute atomic E-state index is 0.134. The molecule has 3 heteroatoms. The normalized spacial score (nSPS) is 17.9. The van der Waals surface area contributed by atoms with E-state index in [1.807, 2.05) is 18.2 Å². The van der Waals surface area contributed by atoms with E-state index in [4.69, 9.17) is 17.3 Å². The molecular weight excluding hydrogens is 220 g/mol.